The van der Waals surface area contributed by atoms with E-state index in [2.05, 4.69) is 5.32 Å². The van der Waals surface area contributed by atoms with Gasteiger partial charge in [0.2, 0.25) is 0 Å². The molecule has 20 heavy (non-hydrogen) atoms. The van der Waals surface area contributed by atoms with E-state index in [9.17, 15) is 9.59 Å². The molecule has 1 aromatic rings. The van der Waals surface area contributed by atoms with Gasteiger partial charge in [-0.25, -0.2) is 0 Å². The smallest absolute Gasteiger partial charge is 0.308 e. The van der Waals surface area contributed by atoms with Gasteiger partial charge in [0.25, 0.3) is 5.91 Å². The molecule has 2 N–H and O–H groups in total. The Morgan fingerprint density at radius 2 is 1.70 bits per heavy atom. The van der Waals surface area contributed by atoms with Crippen LogP contribution in [0.4, 0.5) is 0 Å². The lowest BCUT2D eigenvalue weighted by atomic mass is 9.83. The fourth-order valence-electron chi connectivity index (χ4n) is 1.96. The Morgan fingerprint density at radius 1 is 1.15 bits per heavy atom. The highest BCUT2D eigenvalue weighted by molar-refractivity contribution is 5.96. The summed E-state index contributed by atoms with van der Waals surface area (Å²) < 4.78 is 0. The number of carboxylic acids is 1. The highest BCUT2D eigenvalue weighted by atomic mass is 16.4. The average molecular weight is 277 g/mol. The third kappa shape index (κ3) is 3.83. The molecule has 0 saturated heterocycles. The first kappa shape index (κ1) is 16.2. The lowest BCUT2D eigenvalue weighted by Crippen LogP contribution is -2.40. The summed E-state index contributed by atoms with van der Waals surface area (Å²) in [5.74, 6) is -1.77. The van der Waals surface area contributed by atoms with Crippen molar-refractivity contribution in [3.8, 4) is 0 Å². The molecule has 1 amide bonds. The van der Waals surface area contributed by atoms with Gasteiger partial charge in [0.05, 0.1) is 5.92 Å². The number of benzene rings is 1. The summed E-state index contributed by atoms with van der Waals surface area (Å²) in [7, 11) is 0. The zero-order chi connectivity index (χ0) is 15.5. The van der Waals surface area contributed by atoms with E-state index in [-0.39, 0.29) is 11.3 Å². The molecule has 0 aliphatic rings. The fraction of sp³-hybridized carbons (Fsp3) is 0.500. The number of carboxylic acid groups (broad SMARTS) is 1. The number of aliphatic carboxylic acids is 1. The standard InChI is InChI=1S/C16H23NO3/c1-10(15(19)20)11(2)17-14(18)12-8-6-7-9-13(12)16(3,4)5/h6-11H,1-5H3,(H,17,18)(H,19,20). The molecule has 1 rings (SSSR count). The fourth-order valence-corrected chi connectivity index (χ4v) is 1.96. The van der Waals surface area contributed by atoms with Gasteiger partial charge in [0.15, 0.2) is 0 Å². The molecule has 0 bridgehead atoms. The highest BCUT2D eigenvalue weighted by Crippen LogP contribution is 2.25. The van der Waals surface area contributed by atoms with Gasteiger partial charge in [0, 0.05) is 11.6 Å². The molecule has 0 heterocycles. The minimum atomic E-state index is -0.915. The summed E-state index contributed by atoms with van der Waals surface area (Å²) in [5.41, 5.74) is 1.41. The minimum Gasteiger partial charge on any atom is -0.481 e. The van der Waals surface area contributed by atoms with Crippen LogP contribution in [0.1, 0.15) is 50.5 Å². The van der Waals surface area contributed by atoms with Crippen molar-refractivity contribution in [1.82, 2.24) is 5.32 Å². The van der Waals surface area contributed by atoms with Crippen LogP contribution < -0.4 is 5.32 Å². The zero-order valence-electron chi connectivity index (χ0n) is 12.7. The van der Waals surface area contributed by atoms with E-state index in [1.807, 2.05) is 39.0 Å². The Bertz CT molecular complexity index is 503. The molecule has 4 heteroatoms. The van der Waals surface area contributed by atoms with Gasteiger partial charge >= 0.3 is 5.97 Å². The number of hydrogen-bond donors (Lipinski definition) is 2. The first-order valence-corrected chi connectivity index (χ1v) is 6.77. The lowest BCUT2D eigenvalue weighted by molar-refractivity contribution is -0.141. The van der Waals surface area contributed by atoms with Crippen molar-refractivity contribution in [3.05, 3.63) is 35.4 Å². The lowest BCUT2D eigenvalue weighted by Gasteiger charge is -2.24. The maximum absolute atomic E-state index is 12.3. The molecule has 0 radical (unpaired) electrons. The Labute approximate surface area is 120 Å². The summed E-state index contributed by atoms with van der Waals surface area (Å²) in [6, 6.07) is 7.00. The summed E-state index contributed by atoms with van der Waals surface area (Å²) >= 11 is 0. The second-order valence-electron chi connectivity index (χ2n) is 6.18. The molecular formula is C16H23NO3. The number of carbonyl (C=O) groups is 2. The molecule has 0 saturated carbocycles. The Hall–Kier alpha value is -1.84. The van der Waals surface area contributed by atoms with Gasteiger partial charge in [-0.05, 0) is 30.9 Å². The summed E-state index contributed by atoms with van der Waals surface area (Å²) in [4.78, 5) is 23.3. The normalized spacial score (nSPS) is 14.4. The van der Waals surface area contributed by atoms with Gasteiger partial charge in [-0.1, -0.05) is 39.0 Å². The van der Waals surface area contributed by atoms with Gasteiger partial charge in [-0.3, -0.25) is 9.59 Å². The number of hydrogen-bond acceptors (Lipinski definition) is 2. The summed E-state index contributed by atoms with van der Waals surface area (Å²) in [6.07, 6.45) is 0. The first-order valence-electron chi connectivity index (χ1n) is 6.77. The molecule has 0 spiro atoms. The highest BCUT2D eigenvalue weighted by Gasteiger charge is 2.25. The largest absolute Gasteiger partial charge is 0.481 e. The molecule has 2 unspecified atom stereocenters. The summed E-state index contributed by atoms with van der Waals surface area (Å²) in [6.45, 7) is 9.42. The van der Waals surface area contributed by atoms with E-state index in [1.54, 1.807) is 19.9 Å². The van der Waals surface area contributed by atoms with Crippen LogP contribution in [0.15, 0.2) is 24.3 Å². The van der Waals surface area contributed by atoms with Gasteiger partial charge in [-0.2, -0.15) is 0 Å². The van der Waals surface area contributed by atoms with E-state index in [0.717, 1.165) is 5.56 Å². The monoisotopic (exact) mass is 277 g/mol. The van der Waals surface area contributed by atoms with E-state index in [4.69, 9.17) is 5.11 Å². The average Bonchev–Trinajstić information content (AvgIpc) is 2.36. The molecule has 4 nitrogen and oxygen atoms in total. The van der Waals surface area contributed by atoms with Crippen LogP contribution in [0.5, 0.6) is 0 Å². The van der Waals surface area contributed by atoms with Crippen molar-refractivity contribution in [1.29, 1.82) is 0 Å². The topological polar surface area (TPSA) is 66.4 Å². The zero-order valence-corrected chi connectivity index (χ0v) is 12.7. The minimum absolute atomic E-state index is 0.143. The van der Waals surface area contributed by atoms with Crippen LogP contribution in [-0.4, -0.2) is 23.0 Å². The molecular weight excluding hydrogens is 254 g/mol. The molecule has 0 aliphatic heterocycles. The van der Waals surface area contributed by atoms with Gasteiger partial charge in [0.1, 0.15) is 0 Å². The first-order chi connectivity index (χ1) is 9.14. The number of rotatable bonds is 4. The third-order valence-electron chi connectivity index (χ3n) is 3.48. The van der Waals surface area contributed by atoms with Crippen molar-refractivity contribution in [2.45, 2.75) is 46.1 Å². The van der Waals surface area contributed by atoms with Crippen LogP contribution in [0.3, 0.4) is 0 Å². The third-order valence-corrected chi connectivity index (χ3v) is 3.48. The van der Waals surface area contributed by atoms with Crippen LogP contribution in [0, 0.1) is 5.92 Å². The molecule has 110 valence electrons. The van der Waals surface area contributed by atoms with E-state index >= 15 is 0 Å². The van der Waals surface area contributed by atoms with Crippen molar-refractivity contribution in [2.24, 2.45) is 5.92 Å². The molecule has 0 fully saturated rings. The molecule has 0 aliphatic carbocycles. The van der Waals surface area contributed by atoms with Crippen molar-refractivity contribution < 1.29 is 14.7 Å². The molecule has 1 aromatic carbocycles. The second kappa shape index (κ2) is 6.07. The van der Waals surface area contributed by atoms with Gasteiger partial charge in [-0.15, -0.1) is 0 Å². The van der Waals surface area contributed by atoms with Crippen LogP contribution in [0.25, 0.3) is 0 Å². The molecule has 2 atom stereocenters. The summed E-state index contributed by atoms with van der Waals surface area (Å²) in [5, 5.41) is 11.7. The maximum Gasteiger partial charge on any atom is 0.308 e. The van der Waals surface area contributed by atoms with E-state index in [0.29, 0.717) is 5.56 Å². The number of amides is 1. The van der Waals surface area contributed by atoms with Gasteiger partial charge < -0.3 is 10.4 Å². The van der Waals surface area contributed by atoms with Crippen LogP contribution in [-0.2, 0) is 10.2 Å². The van der Waals surface area contributed by atoms with Crippen molar-refractivity contribution >= 4 is 11.9 Å². The number of carbonyl (C=O) groups excluding carboxylic acids is 1. The quantitative estimate of drug-likeness (QED) is 0.889. The van der Waals surface area contributed by atoms with Crippen molar-refractivity contribution in [3.63, 3.8) is 0 Å². The maximum atomic E-state index is 12.3. The van der Waals surface area contributed by atoms with E-state index in [1.165, 1.54) is 0 Å². The second-order valence-corrected chi connectivity index (χ2v) is 6.18. The Kier molecular flexibility index (Phi) is 4.93. The Morgan fingerprint density at radius 3 is 2.20 bits per heavy atom. The predicted molar refractivity (Wildman–Crippen MR) is 78.9 cm³/mol. The van der Waals surface area contributed by atoms with Crippen molar-refractivity contribution in [2.75, 3.05) is 0 Å². The number of nitrogens with one attached hydrogen (secondary N) is 1. The molecule has 0 aromatic heterocycles. The van der Waals surface area contributed by atoms with Crippen LogP contribution in [0.2, 0.25) is 0 Å². The predicted octanol–water partition coefficient (Wildman–Crippen LogP) is 2.82. The van der Waals surface area contributed by atoms with E-state index < -0.39 is 17.9 Å². The Balaban J connectivity index is 2.97. The van der Waals surface area contributed by atoms with Crippen LogP contribution >= 0.6 is 0 Å². The SMILES string of the molecule is CC(NC(=O)c1ccccc1C(C)(C)C)C(C)C(=O)O.